The molecule has 1 aromatic carbocycles. The van der Waals surface area contributed by atoms with E-state index < -0.39 is 15.6 Å². The Morgan fingerprint density at radius 2 is 1.75 bits per heavy atom. The SMILES string of the molecule is Cc1c2c(c(NC(=O)C(C)(C)C)c(C)c1NS(N)(=O)=O)N(CC(C)C)CC2.Cl. The molecule has 4 N–H and O–H groups in total. The summed E-state index contributed by atoms with van der Waals surface area (Å²) in [6.07, 6.45) is 0.797. The van der Waals surface area contributed by atoms with Gasteiger partial charge in [-0.15, -0.1) is 12.4 Å². The van der Waals surface area contributed by atoms with Crippen molar-refractivity contribution in [1.82, 2.24) is 0 Å². The first-order chi connectivity index (χ1) is 12.2. The number of nitrogens with one attached hydrogen (secondary N) is 2. The summed E-state index contributed by atoms with van der Waals surface area (Å²) in [5.74, 6) is 0.347. The molecule has 1 aliphatic rings. The van der Waals surface area contributed by atoms with Gasteiger partial charge >= 0.3 is 0 Å². The highest BCUT2D eigenvalue weighted by Crippen LogP contribution is 2.45. The molecule has 0 spiro atoms. The van der Waals surface area contributed by atoms with E-state index in [9.17, 15) is 13.2 Å². The predicted molar refractivity (Wildman–Crippen MR) is 119 cm³/mol. The zero-order chi connectivity index (χ0) is 20.7. The van der Waals surface area contributed by atoms with Crippen LogP contribution in [0.3, 0.4) is 0 Å². The normalized spacial score (nSPS) is 14.0. The van der Waals surface area contributed by atoms with Crippen LogP contribution in [0, 0.1) is 25.2 Å². The number of carbonyl (C=O) groups excluding carboxylic acids is 1. The van der Waals surface area contributed by atoms with E-state index in [-0.39, 0.29) is 18.3 Å². The van der Waals surface area contributed by atoms with Crippen LogP contribution in [0.15, 0.2) is 0 Å². The van der Waals surface area contributed by atoms with Crippen molar-refractivity contribution >= 4 is 45.6 Å². The van der Waals surface area contributed by atoms with Crippen molar-refractivity contribution in [3.63, 3.8) is 0 Å². The number of carbonyl (C=O) groups is 1. The maximum atomic E-state index is 12.7. The molecule has 0 saturated carbocycles. The highest BCUT2D eigenvalue weighted by molar-refractivity contribution is 7.90. The van der Waals surface area contributed by atoms with Crippen LogP contribution in [0.5, 0.6) is 0 Å². The fourth-order valence-electron chi connectivity index (χ4n) is 3.45. The zero-order valence-electron chi connectivity index (χ0n) is 17.8. The van der Waals surface area contributed by atoms with Gasteiger partial charge in [-0.3, -0.25) is 9.52 Å². The summed E-state index contributed by atoms with van der Waals surface area (Å²) in [6.45, 7) is 15.3. The maximum absolute atomic E-state index is 12.7. The van der Waals surface area contributed by atoms with Crippen LogP contribution >= 0.6 is 12.4 Å². The lowest BCUT2D eigenvalue weighted by Gasteiger charge is -2.29. The van der Waals surface area contributed by atoms with Crippen LogP contribution < -0.4 is 20.1 Å². The van der Waals surface area contributed by atoms with Crippen LogP contribution in [0.1, 0.15) is 51.3 Å². The largest absolute Gasteiger partial charge is 0.369 e. The molecule has 1 aromatic rings. The maximum Gasteiger partial charge on any atom is 0.296 e. The molecule has 7 nitrogen and oxygen atoms in total. The number of nitrogens with two attached hydrogens (primary N) is 1. The van der Waals surface area contributed by atoms with Crippen molar-refractivity contribution in [2.24, 2.45) is 16.5 Å². The molecule has 2 rings (SSSR count). The zero-order valence-corrected chi connectivity index (χ0v) is 19.4. The molecule has 0 aliphatic carbocycles. The van der Waals surface area contributed by atoms with Gasteiger partial charge in [0.15, 0.2) is 0 Å². The van der Waals surface area contributed by atoms with E-state index in [1.54, 1.807) is 0 Å². The third-order valence-electron chi connectivity index (χ3n) is 4.80. The molecule has 1 heterocycles. The van der Waals surface area contributed by atoms with E-state index in [2.05, 4.69) is 28.8 Å². The third kappa shape index (κ3) is 5.30. The van der Waals surface area contributed by atoms with E-state index in [0.29, 0.717) is 22.9 Å². The minimum Gasteiger partial charge on any atom is -0.369 e. The molecular weight excluding hydrogens is 400 g/mol. The van der Waals surface area contributed by atoms with E-state index in [1.807, 2.05) is 34.6 Å². The van der Waals surface area contributed by atoms with E-state index in [4.69, 9.17) is 5.14 Å². The molecule has 0 atom stereocenters. The average Bonchev–Trinajstić information content (AvgIpc) is 2.88. The van der Waals surface area contributed by atoms with Crippen molar-refractivity contribution in [2.75, 3.05) is 28.0 Å². The topological polar surface area (TPSA) is 105 Å². The number of rotatable bonds is 5. The second kappa shape index (κ2) is 8.47. The summed E-state index contributed by atoms with van der Waals surface area (Å²) < 4.78 is 25.8. The Labute approximate surface area is 175 Å². The van der Waals surface area contributed by atoms with E-state index in [0.717, 1.165) is 36.3 Å². The van der Waals surface area contributed by atoms with Crippen LogP contribution in [0.4, 0.5) is 17.1 Å². The van der Waals surface area contributed by atoms with Crippen LogP contribution in [0.2, 0.25) is 0 Å². The van der Waals surface area contributed by atoms with Crippen LogP contribution in [-0.4, -0.2) is 27.4 Å². The van der Waals surface area contributed by atoms with Gasteiger partial charge in [-0.1, -0.05) is 34.6 Å². The molecule has 0 saturated heterocycles. The number of nitrogens with zero attached hydrogens (tertiary/aromatic N) is 1. The Morgan fingerprint density at radius 3 is 2.21 bits per heavy atom. The van der Waals surface area contributed by atoms with Crippen molar-refractivity contribution in [2.45, 2.75) is 54.9 Å². The summed E-state index contributed by atoms with van der Waals surface area (Å²) in [5.41, 5.74) is 4.13. The van der Waals surface area contributed by atoms with Gasteiger partial charge in [0.05, 0.1) is 17.1 Å². The first-order valence-corrected chi connectivity index (χ1v) is 10.8. The van der Waals surface area contributed by atoms with Gasteiger partial charge < -0.3 is 10.2 Å². The van der Waals surface area contributed by atoms with Gasteiger partial charge in [0.1, 0.15) is 0 Å². The first kappa shape index (κ1) is 24.5. The molecule has 160 valence electrons. The Bertz CT molecular complexity index is 861. The number of halogens is 1. The molecule has 0 bridgehead atoms. The van der Waals surface area contributed by atoms with E-state index >= 15 is 0 Å². The van der Waals surface area contributed by atoms with Gasteiger partial charge in [0.2, 0.25) is 5.91 Å². The molecule has 28 heavy (non-hydrogen) atoms. The Hall–Kier alpha value is -1.51. The molecular formula is C19H33ClN4O3S. The lowest BCUT2D eigenvalue weighted by atomic mass is 9.93. The smallest absolute Gasteiger partial charge is 0.296 e. The number of hydrogen-bond acceptors (Lipinski definition) is 4. The summed E-state index contributed by atoms with van der Waals surface area (Å²) in [5, 5.41) is 8.28. The second-order valence-electron chi connectivity index (χ2n) is 8.77. The number of amides is 1. The molecule has 0 unspecified atom stereocenters. The lowest BCUT2D eigenvalue weighted by molar-refractivity contribution is -0.123. The molecule has 9 heteroatoms. The molecule has 0 fully saturated rings. The fourth-order valence-corrected chi connectivity index (χ4v) is 4.04. The quantitative estimate of drug-likeness (QED) is 0.663. The molecule has 1 aliphatic heterocycles. The van der Waals surface area contributed by atoms with Gasteiger partial charge in [0.25, 0.3) is 10.2 Å². The summed E-state index contributed by atoms with van der Waals surface area (Å²) >= 11 is 0. The number of benzene rings is 1. The first-order valence-electron chi connectivity index (χ1n) is 9.25. The summed E-state index contributed by atoms with van der Waals surface area (Å²) in [4.78, 5) is 15.0. The number of hydrogen-bond donors (Lipinski definition) is 3. The minimum atomic E-state index is -3.92. The van der Waals surface area contributed by atoms with Crippen molar-refractivity contribution in [3.8, 4) is 0 Å². The van der Waals surface area contributed by atoms with Gasteiger partial charge in [0, 0.05) is 18.5 Å². The second-order valence-corrected chi connectivity index (χ2v) is 10.1. The molecule has 0 radical (unpaired) electrons. The van der Waals surface area contributed by atoms with Gasteiger partial charge in [-0.25, -0.2) is 5.14 Å². The number of fused-ring (bicyclic) bond motifs is 1. The summed E-state index contributed by atoms with van der Waals surface area (Å²) in [7, 11) is -3.92. The Morgan fingerprint density at radius 1 is 1.18 bits per heavy atom. The van der Waals surface area contributed by atoms with Crippen LogP contribution in [0.25, 0.3) is 0 Å². The van der Waals surface area contributed by atoms with Gasteiger partial charge in [-0.2, -0.15) is 8.42 Å². The molecule has 1 amide bonds. The summed E-state index contributed by atoms with van der Waals surface area (Å²) in [6, 6.07) is 0. The van der Waals surface area contributed by atoms with Crippen LogP contribution in [-0.2, 0) is 21.4 Å². The third-order valence-corrected chi connectivity index (χ3v) is 5.29. The van der Waals surface area contributed by atoms with Gasteiger partial charge in [-0.05, 0) is 42.9 Å². The van der Waals surface area contributed by atoms with Crippen molar-refractivity contribution < 1.29 is 13.2 Å². The average molecular weight is 433 g/mol. The highest BCUT2D eigenvalue weighted by Gasteiger charge is 2.32. The standard InChI is InChI=1S/C19H32N4O3S.ClH/c1-11(2)10-23-9-8-14-12(3)15(22-27(20,25)26)13(4)16(17(14)23)21-18(24)19(5,6)7;/h11,22H,8-10H2,1-7H3,(H,21,24)(H2,20,25,26);1H. The predicted octanol–water partition coefficient (Wildman–Crippen LogP) is 3.34. The van der Waals surface area contributed by atoms with Crippen molar-refractivity contribution in [3.05, 3.63) is 16.7 Å². The minimum absolute atomic E-state index is 0. The number of anilines is 3. The fraction of sp³-hybridized carbons (Fsp3) is 0.632. The highest BCUT2D eigenvalue weighted by atomic mass is 35.5. The molecule has 0 aromatic heterocycles. The lowest BCUT2D eigenvalue weighted by Crippen LogP contribution is -2.31. The Kier molecular flexibility index (Phi) is 7.42. The monoisotopic (exact) mass is 432 g/mol. The van der Waals surface area contributed by atoms with Crippen molar-refractivity contribution in [1.29, 1.82) is 0 Å². The van der Waals surface area contributed by atoms with E-state index in [1.165, 1.54) is 0 Å². The Balaban J connectivity index is 0.00000392.